The SMILES string of the molecule is COc1ccc2c(=O)c(-c3ccc(-c4ccc(OC(F)(F)F)cc4)cc3)c(C)[nH]c2c1. The number of hydrogen-bond donors (Lipinski definition) is 1. The van der Waals surface area contributed by atoms with Gasteiger partial charge in [-0.3, -0.25) is 4.79 Å². The van der Waals surface area contributed by atoms with Crippen LogP contribution < -0.4 is 14.9 Å². The van der Waals surface area contributed by atoms with Crippen molar-refractivity contribution in [2.75, 3.05) is 7.11 Å². The van der Waals surface area contributed by atoms with Gasteiger partial charge in [-0.1, -0.05) is 36.4 Å². The summed E-state index contributed by atoms with van der Waals surface area (Å²) < 4.78 is 46.1. The highest BCUT2D eigenvalue weighted by Crippen LogP contribution is 2.29. The Morgan fingerprint density at radius 3 is 1.94 bits per heavy atom. The molecule has 158 valence electrons. The van der Waals surface area contributed by atoms with Gasteiger partial charge in [-0.25, -0.2) is 0 Å². The van der Waals surface area contributed by atoms with Gasteiger partial charge in [0.15, 0.2) is 5.43 Å². The molecule has 0 saturated heterocycles. The third kappa shape index (κ3) is 4.26. The number of aromatic amines is 1. The molecule has 0 aliphatic heterocycles. The Kier molecular flexibility index (Phi) is 5.19. The molecule has 0 bridgehead atoms. The second kappa shape index (κ2) is 7.83. The van der Waals surface area contributed by atoms with E-state index in [0.29, 0.717) is 22.2 Å². The van der Waals surface area contributed by atoms with E-state index in [9.17, 15) is 18.0 Å². The van der Waals surface area contributed by atoms with Gasteiger partial charge in [0.25, 0.3) is 0 Å². The molecule has 7 heteroatoms. The van der Waals surface area contributed by atoms with Crippen LogP contribution in [0.5, 0.6) is 11.5 Å². The Morgan fingerprint density at radius 2 is 1.35 bits per heavy atom. The molecule has 0 amide bonds. The second-order valence-corrected chi connectivity index (χ2v) is 7.02. The molecule has 0 radical (unpaired) electrons. The van der Waals surface area contributed by atoms with E-state index in [0.717, 1.165) is 22.4 Å². The summed E-state index contributed by atoms with van der Waals surface area (Å²) in [5, 5.41) is 0.561. The molecule has 4 nitrogen and oxygen atoms in total. The third-order valence-corrected chi connectivity index (χ3v) is 4.99. The first kappa shape index (κ1) is 20.5. The van der Waals surface area contributed by atoms with Crippen LogP contribution in [0.25, 0.3) is 33.2 Å². The van der Waals surface area contributed by atoms with E-state index < -0.39 is 6.36 Å². The lowest BCUT2D eigenvalue weighted by atomic mass is 9.98. The van der Waals surface area contributed by atoms with E-state index >= 15 is 0 Å². The zero-order valence-corrected chi connectivity index (χ0v) is 16.7. The topological polar surface area (TPSA) is 51.3 Å². The van der Waals surface area contributed by atoms with Crippen LogP contribution in [-0.4, -0.2) is 18.5 Å². The molecule has 0 atom stereocenters. The Hall–Kier alpha value is -3.74. The maximum atomic E-state index is 13.1. The molecular formula is C24H18F3NO3. The van der Waals surface area contributed by atoms with Crippen LogP contribution in [0.1, 0.15) is 5.69 Å². The molecule has 4 aromatic rings. The van der Waals surface area contributed by atoms with Crippen molar-refractivity contribution in [3.63, 3.8) is 0 Å². The van der Waals surface area contributed by atoms with Crippen LogP contribution >= 0.6 is 0 Å². The Morgan fingerprint density at radius 1 is 0.806 bits per heavy atom. The average molecular weight is 425 g/mol. The van der Waals surface area contributed by atoms with Crippen molar-refractivity contribution in [3.8, 4) is 33.8 Å². The summed E-state index contributed by atoms with van der Waals surface area (Å²) in [6, 6.07) is 18.2. The number of benzene rings is 3. The highest BCUT2D eigenvalue weighted by atomic mass is 19.4. The van der Waals surface area contributed by atoms with Crippen molar-refractivity contribution in [2.45, 2.75) is 13.3 Å². The fraction of sp³-hybridized carbons (Fsp3) is 0.125. The van der Waals surface area contributed by atoms with Gasteiger partial charge in [-0.15, -0.1) is 13.2 Å². The number of H-pyrrole nitrogens is 1. The van der Waals surface area contributed by atoms with Crippen molar-refractivity contribution in [1.29, 1.82) is 0 Å². The van der Waals surface area contributed by atoms with Gasteiger partial charge < -0.3 is 14.5 Å². The number of halogens is 3. The summed E-state index contributed by atoms with van der Waals surface area (Å²) in [7, 11) is 1.57. The molecule has 1 aromatic heterocycles. The Bertz CT molecular complexity index is 1290. The van der Waals surface area contributed by atoms with Crippen molar-refractivity contribution in [1.82, 2.24) is 4.98 Å². The molecule has 0 fully saturated rings. The van der Waals surface area contributed by atoms with Gasteiger partial charge in [-0.05, 0) is 47.9 Å². The molecule has 0 saturated carbocycles. The van der Waals surface area contributed by atoms with Crippen molar-refractivity contribution in [2.24, 2.45) is 0 Å². The fourth-order valence-electron chi connectivity index (χ4n) is 3.55. The molecule has 1 N–H and O–H groups in total. The number of fused-ring (bicyclic) bond motifs is 1. The summed E-state index contributed by atoms with van der Waals surface area (Å²) in [5.74, 6) is 0.383. The smallest absolute Gasteiger partial charge is 0.497 e. The normalized spacial score (nSPS) is 11.5. The van der Waals surface area contributed by atoms with E-state index in [1.807, 2.05) is 31.2 Å². The van der Waals surface area contributed by atoms with Gasteiger partial charge in [-0.2, -0.15) is 0 Å². The van der Waals surface area contributed by atoms with E-state index in [2.05, 4.69) is 9.72 Å². The number of rotatable bonds is 4. The first-order valence-corrected chi connectivity index (χ1v) is 9.42. The number of aryl methyl sites for hydroxylation is 1. The summed E-state index contributed by atoms with van der Waals surface area (Å²) in [5.41, 5.74) is 4.19. The predicted molar refractivity (Wildman–Crippen MR) is 113 cm³/mol. The number of alkyl halides is 3. The summed E-state index contributed by atoms with van der Waals surface area (Å²) in [6.45, 7) is 1.84. The van der Waals surface area contributed by atoms with Crippen molar-refractivity contribution >= 4 is 10.9 Å². The predicted octanol–water partition coefficient (Wildman–Crippen LogP) is 6.08. The van der Waals surface area contributed by atoms with E-state index in [-0.39, 0.29) is 11.2 Å². The number of nitrogens with one attached hydrogen (secondary N) is 1. The molecule has 0 unspecified atom stereocenters. The largest absolute Gasteiger partial charge is 0.573 e. The molecule has 4 rings (SSSR count). The zero-order valence-electron chi connectivity index (χ0n) is 16.7. The van der Waals surface area contributed by atoms with Gasteiger partial charge in [0.2, 0.25) is 0 Å². The molecular weight excluding hydrogens is 407 g/mol. The first-order chi connectivity index (χ1) is 14.7. The molecule has 1 heterocycles. The Labute approximate surface area is 175 Å². The van der Waals surface area contributed by atoms with Crippen LogP contribution in [0.3, 0.4) is 0 Å². The number of pyridine rings is 1. The molecule has 0 aliphatic rings. The number of ether oxygens (including phenoxy) is 2. The highest BCUT2D eigenvalue weighted by molar-refractivity contribution is 5.86. The molecule has 0 spiro atoms. The van der Waals surface area contributed by atoms with E-state index in [1.165, 1.54) is 12.1 Å². The Balaban J connectivity index is 1.67. The maximum absolute atomic E-state index is 13.1. The second-order valence-electron chi connectivity index (χ2n) is 7.02. The number of aromatic nitrogens is 1. The van der Waals surface area contributed by atoms with Crippen LogP contribution in [0.15, 0.2) is 71.5 Å². The lowest BCUT2D eigenvalue weighted by Crippen LogP contribution is -2.16. The lowest BCUT2D eigenvalue weighted by Gasteiger charge is -2.11. The van der Waals surface area contributed by atoms with Gasteiger partial charge in [0, 0.05) is 22.7 Å². The van der Waals surface area contributed by atoms with E-state index in [4.69, 9.17) is 4.74 Å². The maximum Gasteiger partial charge on any atom is 0.573 e. The fourth-order valence-corrected chi connectivity index (χ4v) is 3.55. The third-order valence-electron chi connectivity index (χ3n) is 4.99. The van der Waals surface area contributed by atoms with Crippen molar-refractivity contribution in [3.05, 3.63) is 82.6 Å². The minimum absolute atomic E-state index is 0.0877. The van der Waals surface area contributed by atoms with Crippen LogP contribution in [0, 0.1) is 6.92 Å². The van der Waals surface area contributed by atoms with Crippen LogP contribution in [0.4, 0.5) is 13.2 Å². The summed E-state index contributed by atoms with van der Waals surface area (Å²) >= 11 is 0. The van der Waals surface area contributed by atoms with Crippen molar-refractivity contribution < 1.29 is 22.6 Å². The van der Waals surface area contributed by atoms with Crippen LogP contribution in [0.2, 0.25) is 0 Å². The van der Waals surface area contributed by atoms with E-state index in [1.54, 1.807) is 37.4 Å². The minimum Gasteiger partial charge on any atom is -0.497 e. The average Bonchev–Trinajstić information content (AvgIpc) is 2.73. The van der Waals surface area contributed by atoms with Gasteiger partial charge in [0.05, 0.1) is 12.6 Å². The van der Waals surface area contributed by atoms with Gasteiger partial charge in [0.1, 0.15) is 11.5 Å². The molecule has 3 aromatic carbocycles. The number of hydrogen-bond acceptors (Lipinski definition) is 3. The quantitative estimate of drug-likeness (QED) is 0.431. The molecule has 31 heavy (non-hydrogen) atoms. The van der Waals surface area contributed by atoms with Crippen LogP contribution in [-0.2, 0) is 0 Å². The molecule has 0 aliphatic carbocycles. The lowest BCUT2D eigenvalue weighted by molar-refractivity contribution is -0.274. The number of methoxy groups -OCH3 is 1. The standard InChI is InChI=1S/C24H18F3NO3/c1-14-22(23(29)20-12-11-19(30-2)13-21(20)28-14)17-5-3-15(4-6-17)16-7-9-18(10-8-16)31-24(25,26)27/h3-13H,1-2H3,(H,28,29). The monoisotopic (exact) mass is 425 g/mol. The zero-order chi connectivity index (χ0) is 22.2. The summed E-state index contributed by atoms with van der Waals surface area (Å²) in [4.78, 5) is 16.3. The summed E-state index contributed by atoms with van der Waals surface area (Å²) in [6.07, 6.45) is -4.72. The van der Waals surface area contributed by atoms with Gasteiger partial charge >= 0.3 is 6.36 Å². The first-order valence-electron chi connectivity index (χ1n) is 9.42. The minimum atomic E-state index is -4.72. The highest BCUT2D eigenvalue weighted by Gasteiger charge is 2.30.